The third kappa shape index (κ3) is 5.70. The quantitative estimate of drug-likeness (QED) is 0.721. The molecule has 30 heavy (non-hydrogen) atoms. The number of hydrogen-bond donors (Lipinski definition) is 1. The van der Waals surface area contributed by atoms with Crippen LogP contribution in [0.4, 0.5) is 11.4 Å². The van der Waals surface area contributed by atoms with Crippen molar-refractivity contribution in [3.63, 3.8) is 0 Å². The maximum atomic E-state index is 13.0. The Labute approximate surface area is 181 Å². The second-order valence-electron chi connectivity index (χ2n) is 7.45. The lowest BCUT2D eigenvalue weighted by Crippen LogP contribution is -2.35. The number of methoxy groups -OCH3 is 1. The molecular weight excluding hydrogens is 398 g/mol. The number of carbonyl (C=O) groups is 2. The molecule has 1 saturated heterocycles. The Balaban J connectivity index is 1.75. The molecule has 2 amide bonds. The van der Waals surface area contributed by atoms with Crippen molar-refractivity contribution < 1.29 is 14.3 Å². The van der Waals surface area contributed by atoms with Gasteiger partial charge in [0.25, 0.3) is 0 Å². The summed E-state index contributed by atoms with van der Waals surface area (Å²) in [4.78, 5) is 31.8. The van der Waals surface area contributed by atoms with E-state index in [4.69, 9.17) is 9.73 Å². The highest BCUT2D eigenvalue weighted by molar-refractivity contribution is 8.15. The van der Waals surface area contributed by atoms with Crippen LogP contribution in [-0.2, 0) is 14.3 Å². The Hall–Kier alpha value is -2.64. The fourth-order valence-electron chi connectivity index (χ4n) is 3.26. The van der Waals surface area contributed by atoms with Crippen LogP contribution in [0.1, 0.15) is 23.1 Å². The van der Waals surface area contributed by atoms with E-state index >= 15 is 0 Å². The lowest BCUT2D eigenvalue weighted by molar-refractivity contribution is -0.128. The number of aryl methyl sites for hydroxylation is 3. The van der Waals surface area contributed by atoms with Crippen molar-refractivity contribution in [3.05, 3.63) is 59.2 Å². The Bertz CT molecular complexity index is 936. The summed E-state index contributed by atoms with van der Waals surface area (Å²) in [5, 5.41) is 2.97. The van der Waals surface area contributed by atoms with E-state index in [1.807, 2.05) is 57.2 Å². The Morgan fingerprint density at radius 2 is 1.77 bits per heavy atom. The minimum absolute atomic E-state index is 0.0900. The van der Waals surface area contributed by atoms with Crippen molar-refractivity contribution in [1.82, 2.24) is 4.90 Å². The number of benzene rings is 2. The monoisotopic (exact) mass is 425 g/mol. The molecule has 1 aliphatic rings. The normalized spacial score (nSPS) is 17.6. The van der Waals surface area contributed by atoms with Gasteiger partial charge in [0.05, 0.1) is 18.8 Å². The first kappa shape index (κ1) is 22.1. The van der Waals surface area contributed by atoms with Crippen LogP contribution in [0, 0.1) is 20.8 Å². The van der Waals surface area contributed by atoms with Gasteiger partial charge in [0.2, 0.25) is 11.8 Å². The predicted octanol–water partition coefficient (Wildman–Crippen LogP) is 4.22. The molecule has 0 spiro atoms. The van der Waals surface area contributed by atoms with Gasteiger partial charge in [0, 0.05) is 19.2 Å². The van der Waals surface area contributed by atoms with Crippen LogP contribution in [-0.4, -0.2) is 47.4 Å². The molecule has 6 nitrogen and oxygen atoms in total. The summed E-state index contributed by atoms with van der Waals surface area (Å²) in [6, 6.07) is 13.6. The Morgan fingerprint density at radius 3 is 2.40 bits per heavy atom. The van der Waals surface area contributed by atoms with Crippen molar-refractivity contribution in [1.29, 1.82) is 0 Å². The fraction of sp³-hybridized carbons (Fsp3) is 0.348. The lowest BCUT2D eigenvalue weighted by Gasteiger charge is -2.16. The third-order valence-corrected chi connectivity index (χ3v) is 5.85. The number of carbonyl (C=O) groups excluding carboxylic acids is 2. The average Bonchev–Trinajstić information content (AvgIpc) is 2.95. The van der Waals surface area contributed by atoms with Crippen molar-refractivity contribution in [2.75, 3.05) is 25.6 Å². The molecule has 0 aliphatic carbocycles. The van der Waals surface area contributed by atoms with E-state index in [1.54, 1.807) is 12.0 Å². The molecule has 0 bridgehead atoms. The summed E-state index contributed by atoms with van der Waals surface area (Å²) in [6.07, 6.45) is 0.0900. The first-order valence-electron chi connectivity index (χ1n) is 9.86. The maximum Gasteiger partial charge on any atom is 0.242 e. The standard InChI is InChI=1S/C23H27N3O3S/c1-15-5-7-18(8-6-15)24-21(27)14-20-22(28)26(9-10-29-4)23(30-20)25-19-12-16(2)11-17(3)13-19/h5-8,11-13,20H,9-10,14H2,1-4H3,(H,24,27)/t20-/m1/s1. The summed E-state index contributed by atoms with van der Waals surface area (Å²) in [5.74, 6) is -0.303. The summed E-state index contributed by atoms with van der Waals surface area (Å²) in [7, 11) is 1.60. The number of thioether (sulfide) groups is 1. The van der Waals surface area contributed by atoms with Crippen molar-refractivity contribution in [3.8, 4) is 0 Å². The van der Waals surface area contributed by atoms with Crippen molar-refractivity contribution in [2.24, 2.45) is 4.99 Å². The number of amides is 2. The molecule has 3 rings (SSSR count). The second kappa shape index (κ2) is 9.91. The van der Waals surface area contributed by atoms with E-state index in [9.17, 15) is 9.59 Å². The molecule has 0 unspecified atom stereocenters. The molecule has 1 heterocycles. The number of anilines is 1. The van der Waals surface area contributed by atoms with Crippen LogP contribution >= 0.6 is 11.8 Å². The van der Waals surface area contributed by atoms with Gasteiger partial charge in [0.1, 0.15) is 5.25 Å². The van der Waals surface area contributed by atoms with Gasteiger partial charge < -0.3 is 10.1 Å². The average molecular weight is 426 g/mol. The first-order chi connectivity index (χ1) is 14.4. The zero-order valence-electron chi connectivity index (χ0n) is 17.8. The smallest absolute Gasteiger partial charge is 0.242 e. The van der Waals surface area contributed by atoms with Gasteiger partial charge in [-0.1, -0.05) is 35.5 Å². The molecule has 0 saturated carbocycles. The number of ether oxygens (including phenoxy) is 1. The van der Waals surface area contributed by atoms with E-state index in [1.165, 1.54) is 11.8 Å². The Morgan fingerprint density at radius 1 is 1.10 bits per heavy atom. The lowest BCUT2D eigenvalue weighted by atomic mass is 10.1. The molecule has 1 N–H and O–H groups in total. The number of hydrogen-bond acceptors (Lipinski definition) is 5. The van der Waals surface area contributed by atoms with Gasteiger partial charge in [-0.15, -0.1) is 0 Å². The van der Waals surface area contributed by atoms with E-state index in [-0.39, 0.29) is 18.2 Å². The molecule has 1 aliphatic heterocycles. The van der Waals surface area contributed by atoms with Crippen LogP contribution in [0.2, 0.25) is 0 Å². The van der Waals surface area contributed by atoms with Crippen LogP contribution in [0.3, 0.4) is 0 Å². The van der Waals surface area contributed by atoms with Gasteiger partial charge in [-0.05, 0) is 56.2 Å². The number of amidine groups is 1. The zero-order valence-corrected chi connectivity index (χ0v) is 18.6. The highest BCUT2D eigenvalue weighted by Crippen LogP contribution is 2.32. The van der Waals surface area contributed by atoms with E-state index in [2.05, 4.69) is 11.4 Å². The van der Waals surface area contributed by atoms with Crippen LogP contribution in [0.25, 0.3) is 0 Å². The SMILES string of the molecule is COCCN1C(=O)[C@@H](CC(=O)Nc2ccc(C)cc2)SC1=Nc1cc(C)cc(C)c1. The highest BCUT2D eigenvalue weighted by atomic mass is 32.2. The highest BCUT2D eigenvalue weighted by Gasteiger charge is 2.39. The second-order valence-corrected chi connectivity index (χ2v) is 8.62. The van der Waals surface area contributed by atoms with E-state index in [0.29, 0.717) is 18.3 Å². The number of rotatable bonds is 7. The first-order valence-corrected chi connectivity index (χ1v) is 10.7. The summed E-state index contributed by atoms with van der Waals surface area (Å²) in [6.45, 7) is 6.84. The van der Waals surface area contributed by atoms with Crippen LogP contribution in [0.15, 0.2) is 47.5 Å². The van der Waals surface area contributed by atoms with Gasteiger partial charge in [-0.25, -0.2) is 4.99 Å². The van der Waals surface area contributed by atoms with E-state index in [0.717, 1.165) is 28.1 Å². The van der Waals surface area contributed by atoms with Gasteiger partial charge in [-0.2, -0.15) is 0 Å². The third-order valence-electron chi connectivity index (χ3n) is 4.68. The molecule has 2 aromatic rings. The van der Waals surface area contributed by atoms with E-state index < -0.39 is 5.25 Å². The largest absolute Gasteiger partial charge is 0.383 e. The van der Waals surface area contributed by atoms with Crippen LogP contribution < -0.4 is 5.32 Å². The summed E-state index contributed by atoms with van der Waals surface area (Å²) in [5.41, 5.74) is 4.87. The Kier molecular flexibility index (Phi) is 7.29. The molecular formula is C23H27N3O3S. The van der Waals surface area contributed by atoms with Crippen molar-refractivity contribution >= 4 is 40.1 Å². The molecule has 7 heteroatoms. The maximum absolute atomic E-state index is 13.0. The minimum Gasteiger partial charge on any atom is -0.383 e. The van der Waals surface area contributed by atoms with Crippen molar-refractivity contribution in [2.45, 2.75) is 32.4 Å². The summed E-state index contributed by atoms with van der Waals surface area (Å²) >= 11 is 1.34. The molecule has 1 atom stereocenters. The van der Waals surface area contributed by atoms with Gasteiger partial charge in [-0.3, -0.25) is 14.5 Å². The number of nitrogens with zero attached hydrogens (tertiary/aromatic N) is 2. The van der Waals surface area contributed by atoms with Crippen LogP contribution in [0.5, 0.6) is 0 Å². The zero-order chi connectivity index (χ0) is 21.7. The van der Waals surface area contributed by atoms with Gasteiger partial charge >= 0.3 is 0 Å². The molecule has 0 radical (unpaired) electrons. The molecule has 0 aromatic heterocycles. The summed E-state index contributed by atoms with van der Waals surface area (Å²) < 4.78 is 5.16. The predicted molar refractivity (Wildman–Crippen MR) is 122 cm³/mol. The topological polar surface area (TPSA) is 71.0 Å². The molecule has 158 valence electrons. The molecule has 1 fully saturated rings. The fourth-order valence-corrected chi connectivity index (χ4v) is 4.44. The molecule has 2 aromatic carbocycles. The number of nitrogens with one attached hydrogen (secondary N) is 1. The van der Waals surface area contributed by atoms with Gasteiger partial charge in [0.15, 0.2) is 5.17 Å². The number of aliphatic imine (C=N–C) groups is 1. The minimum atomic E-state index is -0.503.